The van der Waals surface area contributed by atoms with E-state index >= 15 is 0 Å². The maximum atomic E-state index is 11.6. The molecule has 1 saturated carbocycles. The summed E-state index contributed by atoms with van der Waals surface area (Å²) in [4.78, 5) is 11.6. The minimum atomic E-state index is 0.0191. The first-order valence-electron chi connectivity index (χ1n) is 4.78. The highest BCUT2D eigenvalue weighted by Crippen LogP contribution is 2.31. The molecule has 3 heteroatoms. The zero-order chi connectivity index (χ0) is 9.97. The molecule has 74 valence electrons. The molecule has 0 heterocycles. The molecule has 1 aliphatic rings. The van der Waals surface area contributed by atoms with Crippen LogP contribution in [0.4, 0.5) is 0 Å². The monoisotopic (exact) mass is 207 g/mol. The van der Waals surface area contributed by atoms with Crippen LogP contribution in [0.15, 0.2) is 24.3 Å². The number of carbonyl (C=O) groups is 1. The lowest BCUT2D eigenvalue weighted by molar-refractivity contribution is 0.0984. The predicted octanol–water partition coefficient (Wildman–Crippen LogP) is 2.54. The minimum absolute atomic E-state index is 0.0191. The molecule has 1 N–H and O–H groups in total. The summed E-state index contributed by atoms with van der Waals surface area (Å²) in [5.74, 6) is 0.0191. The van der Waals surface area contributed by atoms with Crippen molar-refractivity contribution >= 4 is 17.9 Å². The first-order valence-corrected chi connectivity index (χ1v) is 5.66. The molecule has 0 spiro atoms. The number of amides is 1. The molecule has 1 fully saturated rings. The SMILES string of the molecule is Cc1cccc(C(=O)NSC2CC2)c1. The van der Waals surface area contributed by atoms with Gasteiger partial charge in [0.25, 0.3) is 5.91 Å². The summed E-state index contributed by atoms with van der Waals surface area (Å²) >= 11 is 1.55. The number of benzene rings is 1. The van der Waals surface area contributed by atoms with E-state index in [1.54, 1.807) is 11.9 Å². The van der Waals surface area contributed by atoms with Crippen molar-refractivity contribution in [1.29, 1.82) is 0 Å². The van der Waals surface area contributed by atoms with Crippen LogP contribution in [-0.2, 0) is 0 Å². The summed E-state index contributed by atoms with van der Waals surface area (Å²) in [7, 11) is 0. The summed E-state index contributed by atoms with van der Waals surface area (Å²) in [5.41, 5.74) is 1.87. The van der Waals surface area contributed by atoms with Gasteiger partial charge in [-0.05, 0) is 43.8 Å². The van der Waals surface area contributed by atoms with Gasteiger partial charge >= 0.3 is 0 Å². The predicted molar refractivity (Wildman–Crippen MR) is 59.3 cm³/mol. The zero-order valence-corrected chi connectivity index (χ0v) is 8.93. The van der Waals surface area contributed by atoms with Crippen LogP contribution >= 0.6 is 11.9 Å². The second-order valence-corrected chi connectivity index (χ2v) is 4.72. The van der Waals surface area contributed by atoms with Gasteiger partial charge in [0, 0.05) is 10.8 Å². The van der Waals surface area contributed by atoms with Crippen molar-refractivity contribution in [2.45, 2.75) is 25.0 Å². The Kier molecular flexibility index (Phi) is 2.77. The number of hydrogen-bond donors (Lipinski definition) is 1. The van der Waals surface area contributed by atoms with E-state index in [2.05, 4.69) is 4.72 Å². The zero-order valence-electron chi connectivity index (χ0n) is 8.12. The second kappa shape index (κ2) is 4.05. The van der Waals surface area contributed by atoms with Gasteiger partial charge in [0.2, 0.25) is 0 Å². The number of aryl methyl sites for hydroxylation is 1. The Morgan fingerprint density at radius 3 is 2.93 bits per heavy atom. The lowest BCUT2D eigenvalue weighted by Gasteiger charge is -2.03. The highest BCUT2D eigenvalue weighted by Gasteiger charge is 2.23. The Morgan fingerprint density at radius 1 is 1.50 bits per heavy atom. The van der Waals surface area contributed by atoms with Gasteiger partial charge in [-0.2, -0.15) is 0 Å². The van der Waals surface area contributed by atoms with Gasteiger partial charge in [0.1, 0.15) is 0 Å². The van der Waals surface area contributed by atoms with E-state index < -0.39 is 0 Å². The van der Waals surface area contributed by atoms with Crippen molar-refractivity contribution in [2.75, 3.05) is 0 Å². The van der Waals surface area contributed by atoms with Crippen LogP contribution in [0.1, 0.15) is 28.8 Å². The Morgan fingerprint density at radius 2 is 2.29 bits per heavy atom. The fraction of sp³-hybridized carbons (Fsp3) is 0.364. The van der Waals surface area contributed by atoms with Crippen LogP contribution < -0.4 is 4.72 Å². The van der Waals surface area contributed by atoms with Crippen LogP contribution in [0.3, 0.4) is 0 Å². The van der Waals surface area contributed by atoms with Crippen molar-refractivity contribution in [3.63, 3.8) is 0 Å². The number of hydrogen-bond acceptors (Lipinski definition) is 2. The van der Waals surface area contributed by atoms with E-state index in [0.29, 0.717) is 5.25 Å². The smallest absolute Gasteiger partial charge is 0.261 e. The molecule has 1 aromatic carbocycles. The van der Waals surface area contributed by atoms with Crippen LogP contribution in [0.2, 0.25) is 0 Å². The van der Waals surface area contributed by atoms with Crippen LogP contribution in [0, 0.1) is 6.92 Å². The summed E-state index contributed by atoms with van der Waals surface area (Å²) in [5, 5.41) is 0.656. The van der Waals surface area contributed by atoms with Crippen LogP contribution in [0.25, 0.3) is 0 Å². The third kappa shape index (κ3) is 2.51. The van der Waals surface area contributed by atoms with E-state index in [1.807, 2.05) is 31.2 Å². The van der Waals surface area contributed by atoms with E-state index in [4.69, 9.17) is 0 Å². The molecule has 0 unspecified atom stereocenters. The fourth-order valence-corrected chi connectivity index (χ4v) is 1.93. The maximum Gasteiger partial charge on any atom is 0.261 e. The number of nitrogens with one attached hydrogen (secondary N) is 1. The average Bonchev–Trinajstić information content (AvgIpc) is 2.97. The van der Waals surface area contributed by atoms with Gasteiger partial charge < -0.3 is 0 Å². The topological polar surface area (TPSA) is 29.1 Å². The van der Waals surface area contributed by atoms with Crippen molar-refractivity contribution in [2.24, 2.45) is 0 Å². The van der Waals surface area contributed by atoms with Crippen molar-refractivity contribution in [3.05, 3.63) is 35.4 Å². The van der Waals surface area contributed by atoms with Gasteiger partial charge in [-0.15, -0.1) is 0 Å². The molecule has 1 aromatic rings. The summed E-state index contributed by atoms with van der Waals surface area (Å²) in [6.45, 7) is 1.99. The molecule has 0 radical (unpaired) electrons. The Labute approximate surface area is 88.2 Å². The molecular weight excluding hydrogens is 194 g/mol. The largest absolute Gasteiger partial charge is 0.296 e. The van der Waals surface area contributed by atoms with Gasteiger partial charge in [-0.1, -0.05) is 17.7 Å². The molecule has 2 rings (SSSR count). The Bertz CT molecular complexity index is 347. The molecule has 1 aliphatic carbocycles. The maximum absolute atomic E-state index is 11.6. The van der Waals surface area contributed by atoms with E-state index in [9.17, 15) is 4.79 Å². The molecule has 0 aromatic heterocycles. The van der Waals surface area contributed by atoms with E-state index in [1.165, 1.54) is 12.8 Å². The van der Waals surface area contributed by atoms with Gasteiger partial charge in [0.05, 0.1) is 0 Å². The number of carbonyl (C=O) groups excluding carboxylic acids is 1. The summed E-state index contributed by atoms with van der Waals surface area (Å²) < 4.78 is 2.87. The van der Waals surface area contributed by atoms with Crippen LogP contribution in [-0.4, -0.2) is 11.2 Å². The highest BCUT2D eigenvalue weighted by atomic mass is 32.2. The normalized spacial score (nSPS) is 15.2. The third-order valence-corrected chi connectivity index (χ3v) is 3.23. The molecule has 2 nitrogen and oxygen atoms in total. The quantitative estimate of drug-likeness (QED) is 0.772. The van der Waals surface area contributed by atoms with Crippen molar-refractivity contribution in [1.82, 2.24) is 4.72 Å². The first kappa shape index (κ1) is 9.59. The van der Waals surface area contributed by atoms with Crippen LogP contribution in [0.5, 0.6) is 0 Å². The molecule has 0 aliphatic heterocycles. The molecule has 1 amide bonds. The Hall–Kier alpha value is -0.960. The number of rotatable bonds is 3. The van der Waals surface area contributed by atoms with Gasteiger partial charge in [0.15, 0.2) is 0 Å². The summed E-state index contributed by atoms with van der Waals surface area (Å²) in [6.07, 6.45) is 2.47. The van der Waals surface area contributed by atoms with E-state index in [0.717, 1.165) is 11.1 Å². The lowest BCUT2D eigenvalue weighted by Crippen LogP contribution is -2.16. The molecule has 0 bridgehead atoms. The molecule has 14 heavy (non-hydrogen) atoms. The molecule has 0 atom stereocenters. The fourth-order valence-electron chi connectivity index (χ4n) is 1.17. The highest BCUT2D eigenvalue weighted by molar-refractivity contribution is 7.98. The average molecular weight is 207 g/mol. The standard InChI is InChI=1S/C11H13NOS/c1-8-3-2-4-9(7-8)11(13)12-14-10-5-6-10/h2-4,7,10H,5-6H2,1H3,(H,12,13). The molecule has 0 saturated heterocycles. The lowest BCUT2D eigenvalue weighted by atomic mass is 10.1. The van der Waals surface area contributed by atoms with E-state index in [-0.39, 0.29) is 5.91 Å². The van der Waals surface area contributed by atoms with Gasteiger partial charge in [-0.25, -0.2) is 0 Å². The third-order valence-electron chi connectivity index (χ3n) is 2.12. The second-order valence-electron chi connectivity index (χ2n) is 3.62. The molecular formula is C11H13NOS. The van der Waals surface area contributed by atoms with Gasteiger partial charge in [-0.3, -0.25) is 9.52 Å². The van der Waals surface area contributed by atoms with Crippen molar-refractivity contribution in [3.8, 4) is 0 Å². The van der Waals surface area contributed by atoms with Crippen molar-refractivity contribution < 1.29 is 4.79 Å². The summed E-state index contributed by atoms with van der Waals surface area (Å²) in [6, 6.07) is 7.65. The minimum Gasteiger partial charge on any atom is -0.296 e. The Balaban J connectivity index is 1.95. The first-order chi connectivity index (χ1) is 6.75.